The summed E-state index contributed by atoms with van der Waals surface area (Å²) in [5.41, 5.74) is 1.93. The highest BCUT2D eigenvalue weighted by molar-refractivity contribution is 7.18. The van der Waals surface area contributed by atoms with Gasteiger partial charge in [-0.25, -0.2) is 4.98 Å². The number of thiophene rings is 1. The number of hydrogen-bond donors (Lipinski definition) is 1. The zero-order valence-electron chi connectivity index (χ0n) is 16.1. The van der Waals surface area contributed by atoms with Crippen LogP contribution in [0.4, 0.5) is 0 Å². The molecule has 1 atom stereocenters. The van der Waals surface area contributed by atoms with Gasteiger partial charge in [-0.05, 0) is 30.0 Å². The molecule has 1 N–H and O–H groups in total. The van der Waals surface area contributed by atoms with Crippen LogP contribution in [0.3, 0.4) is 0 Å². The van der Waals surface area contributed by atoms with Crippen LogP contribution in [0, 0.1) is 12.8 Å². The standard InChI is InChI=1S/C20H22N6OS/c1-4-12(2)10-15-13(3)28-20-17(15)19(27)21-16(22-20)11-26-24-18(23-25-26)14-8-6-5-7-9-14/h5-9,12H,4,10-11H2,1-3H3,(H,21,22,27)/t12-/m0/s1. The first kappa shape index (κ1) is 18.5. The van der Waals surface area contributed by atoms with E-state index in [0.29, 0.717) is 17.6 Å². The molecule has 0 aliphatic heterocycles. The molecule has 0 spiro atoms. The highest BCUT2D eigenvalue weighted by Gasteiger charge is 2.17. The van der Waals surface area contributed by atoms with Gasteiger partial charge < -0.3 is 4.98 Å². The Bertz CT molecular complexity index is 1160. The number of H-pyrrole nitrogens is 1. The van der Waals surface area contributed by atoms with E-state index < -0.39 is 0 Å². The molecule has 0 amide bonds. The molecule has 0 radical (unpaired) electrons. The molecule has 3 aromatic heterocycles. The number of aromatic amines is 1. The molecule has 0 saturated heterocycles. The van der Waals surface area contributed by atoms with Gasteiger partial charge in [-0.1, -0.05) is 50.6 Å². The summed E-state index contributed by atoms with van der Waals surface area (Å²) in [4.78, 5) is 23.7. The van der Waals surface area contributed by atoms with Gasteiger partial charge in [0.2, 0.25) is 5.82 Å². The summed E-state index contributed by atoms with van der Waals surface area (Å²) in [7, 11) is 0. The molecule has 0 unspecified atom stereocenters. The summed E-state index contributed by atoms with van der Waals surface area (Å²) in [6, 6.07) is 9.66. The maximum atomic E-state index is 12.8. The van der Waals surface area contributed by atoms with Gasteiger partial charge in [0.25, 0.3) is 5.56 Å². The van der Waals surface area contributed by atoms with Crippen LogP contribution in [0.1, 0.15) is 36.5 Å². The van der Waals surface area contributed by atoms with Crippen LogP contribution in [-0.4, -0.2) is 30.2 Å². The number of aromatic nitrogens is 6. The fourth-order valence-corrected chi connectivity index (χ4v) is 4.25. The van der Waals surface area contributed by atoms with Gasteiger partial charge in [0.05, 0.1) is 5.39 Å². The van der Waals surface area contributed by atoms with Crippen molar-refractivity contribution >= 4 is 21.6 Å². The van der Waals surface area contributed by atoms with E-state index in [9.17, 15) is 4.79 Å². The third-order valence-corrected chi connectivity index (χ3v) is 5.98. The van der Waals surface area contributed by atoms with Crippen molar-refractivity contribution in [1.29, 1.82) is 0 Å². The molecular weight excluding hydrogens is 372 g/mol. The van der Waals surface area contributed by atoms with E-state index in [1.54, 1.807) is 11.3 Å². The van der Waals surface area contributed by atoms with Crippen molar-refractivity contribution in [2.24, 2.45) is 5.92 Å². The Hall–Kier alpha value is -2.87. The van der Waals surface area contributed by atoms with Crippen molar-refractivity contribution in [2.75, 3.05) is 0 Å². The topological polar surface area (TPSA) is 89.3 Å². The first-order chi connectivity index (χ1) is 13.5. The second kappa shape index (κ2) is 7.63. The Morgan fingerprint density at radius 2 is 2.04 bits per heavy atom. The van der Waals surface area contributed by atoms with Crippen LogP contribution in [0.5, 0.6) is 0 Å². The third kappa shape index (κ3) is 3.60. The maximum absolute atomic E-state index is 12.8. The second-order valence-electron chi connectivity index (χ2n) is 7.06. The van der Waals surface area contributed by atoms with E-state index in [-0.39, 0.29) is 12.1 Å². The van der Waals surface area contributed by atoms with Crippen LogP contribution in [0.2, 0.25) is 0 Å². The first-order valence-electron chi connectivity index (χ1n) is 9.39. The summed E-state index contributed by atoms with van der Waals surface area (Å²) in [5.74, 6) is 1.61. The minimum Gasteiger partial charge on any atom is -0.308 e. The maximum Gasteiger partial charge on any atom is 0.259 e. The Morgan fingerprint density at radius 1 is 1.25 bits per heavy atom. The minimum absolute atomic E-state index is 0.0916. The molecule has 0 aliphatic carbocycles. The lowest BCUT2D eigenvalue weighted by Gasteiger charge is -2.08. The van der Waals surface area contributed by atoms with Gasteiger partial charge in [-0.2, -0.15) is 4.80 Å². The number of tetrazole rings is 1. The predicted molar refractivity (Wildman–Crippen MR) is 110 cm³/mol. The molecule has 28 heavy (non-hydrogen) atoms. The Balaban J connectivity index is 1.64. The molecule has 8 heteroatoms. The number of hydrogen-bond acceptors (Lipinski definition) is 6. The number of nitrogens with zero attached hydrogens (tertiary/aromatic N) is 5. The number of nitrogens with one attached hydrogen (secondary N) is 1. The van der Waals surface area contributed by atoms with E-state index in [0.717, 1.165) is 39.1 Å². The van der Waals surface area contributed by atoms with Crippen molar-refractivity contribution < 1.29 is 0 Å². The largest absolute Gasteiger partial charge is 0.308 e. The third-order valence-electron chi connectivity index (χ3n) is 4.94. The summed E-state index contributed by atoms with van der Waals surface area (Å²) in [5, 5.41) is 13.3. The van der Waals surface area contributed by atoms with Crippen molar-refractivity contribution in [1.82, 2.24) is 30.2 Å². The van der Waals surface area contributed by atoms with Gasteiger partial charge in [0.1, 0.15) is 17.2 Å². The van der Waals surface area contributed by atoms with Crippen molar-refractivity contribution in [3.63, 3.8) is 0 Å². The van der Waals surface area contributed by atoms with Crippen molar-refractivity contribution in [3.8, 4) is 11.4 Å². The number of aryl methyl sites for hydroxylation is 1. The quantitative estimate of drug-likeness (QED) is 0.540. The molecule has 4 rings (SSSR count). The smallest absolute Gasteiger partial charge is 0.259 e. The SMILES string of the molecule is CC[C@H](C)Cc1c(C)sc2nc(Cn3nnc(-c4ccccc4)n3)[nH]c(=O)c12. The van der Waals surface area contributed by atoms with E-state index in [2.05, 4.69) is 46.1 Å². The van der Waals surface area contributed by atoms with Gasteiger partial charge in [0, 0.05) is 10.4 Å². The normalized spacial score (nSPS) is 12.5. The molecule has 7 nitrogen and oxygen atoms in total. The molecular formula is C20H22N6OS. The molecule has 3 heterocycles. The predicted octanol–water partition coefficient (Wildman–Crippen LogP) is 3.58. The van der Waals surface area contributed by atoms with Gasteiger partial charge in [0.15, 0.2) is 0 Å². The summed E-state index contributed by atoms with van der Waals surface area (Å²) < 4.78 is 0. The second-order valence-corrected chi connectivity index (χ2v) is 8.26. The Kier molecular flexibility index (Phi) is 5.04. The van der Waals surface area contributed by atoms with Gasteiger partial charge >= 0.3 is 0 Å². The van der Waals surface area contributed by atoms with Crippen LogP contribution in [0.15, 0.2) is 35.1 Å². The van der Waals surface area contributed by atoms with Crippen molar-refractivity contribution in [2.45, 2.75) is 40.2 Å². The van der Waals surface area contributed by atoms with Crippen LogP contribution >= 0.6 is 11.3 Å². The first-order valence-corrected chi connectivity index (χ1v) is 10.2. The zero-order chi connectivity index (χ0) is 19.7. The molecule has 0 aliphatic rings. The summed E-state index contributed by atoms with van der Waals surface area (Å²) in [6.07, 6.45) is 1.99. The van der Waals surface area contributed by atoms with E-state index >= 15 is 0 Å². The fraction of sp³-hybridized carbons (Fsp3) is 0.350. The molecule has 0 fully saturated rings. The monoisotopic (exact) mass is 394 g/mol. The number of rotatable bonds is 6. The lowest BCUT2D eigenvalue weighted by Crippen LogP contribution is -2.16. The minimum atomic E-state index is -0.0916. The van der Waals surface area contributed by atoms with E-state index in [4.69, 9.17) is 0 Å². The Labute approximate surface area is 166 Å². The molecule has 144 valence electrons. The van der Waals surface area contributed by atoms with E-state index in [1.165, 1.54) is 4.80 Å². The highest BCUT2D eigenvalue weighted by Crippen LogP contribution is 2.29. The summed E-state index contributed by atoms with van der Waals surface area (Å²) >= 11 is 1.58. The molecule has 4 aromatic rings. The average Bonchev–Trinajstić information content (AvgIpc) is 3.27. The molecule has 0 bridgehead atoms. The molecule has 1 aromatic carbocycles. The highest BCUT2D eigenvalue weighted by atomic mass is 32.1. The fourth-order valence-electron chi connectivity index (χ4n) is 3.18. The van der Waals surface area contributed by atoms with Crippen LogP contribution in [0.25, 0.3) is 21.6 Å². The Morgan fingerprint density at radius 3 is 2.79 bits per heavy atom. The lowest BCUT2D eigenvalue weighted by atomic mass is 9.98. The lowest BCUT2D eigenvalue weighted by molar-refractivity contribution is 0.554. The number of fused-ring (bicyclic) bond motifs is 1. The van der Waals surface area contributed by atoms with Crippen LogP contribution < -0.4 is 5.56 Å². The number of benzene rings is 1. The van der Waals surface area contributed by atoms with Gasteiger partial charge in [-0.15, -0.1) is 21.5 Å². The average molecular weight is 395 g/mol. The van der Waals surface area contributed by atoms with Gasteiger partial charge in [-0.3, -0.25) is 4.79 Å². The molecule has 0 saturated carbocycles. The zero-order valence-corrected chi connectivity index (χ0v) is 17.0. The van der Waals surface area contributed by atoms with Crippen molar-refractivity contribution in [3.05, 3.63) is 57.0 Å². The van der Waals surface area contributed by atoms with E-state index in [1.807, 2.05) is 30.3 Å². The summed E-state index contributed by atoms with van der Waals surface area (Å²) in [6.45, 7) is 6.71. The van der Waals surface area contributed by atoms with Crippen LogP contribution in [-0.2, 0) is 13.0 Å².